The van der Waals surface area contributed by atoms with Gasteiger partial charge in [-0.05, 0) is 45.4 Å². The summed E-state index contributed by atoms with van der Waals surface area (Å²) < 4.78 is 12.3. The maximum absolute atomic E-state index is 12.6. The van der Waals surface area contributed by atoms with Crippen molar-refractivity contribution in [3.05, 3.63) is 27.6 Å². The zero-order valence-electron chi connectivity index (χ0n) is 15.9. The van der Waals surface area contributed by atoms with Crippen LogP contribution in [0, 0.1) is 29.6 Å². The van der Waals surface area contributed by atoms with E-state index in [9.17, 15) is 9.59 Å². The molecule has 4 rings (SSSR count). The van der Waals surface area contributed by atoms with Crippen LogP contribution in [-0.4, -0.2) is 11.4 Å². The number of aryl methyl sites for hydroxylation is 1. The molecule has 0 amide bonds. The van der Waals surface area contributed by atoms with Crippen LogP contribution in [0.2, 0.25) is 0 Å². The van der Waals surface area contributed by atoms with Gasteiger partial charge in [-0.25, -0.2) is 0 Å². The van der Waals surface area contributed by atoms with Crippen molar-refractivity contribution in [1.82, 2.24) is 0 Å². The van der Waals surface area contributed by atoms with Gasteiger partial charge in [-0.1, -0.05) is 20.8 Å². The van der Waals surface area contributed by atoms with Gasteiger partial charge in [0.25, 0.3) is 5.95 Å². The number of fused-ring (bicyclic) bond motifs is 4. The molecule has 0 radical (unpaired) electrons. The van der Waals surface area contributed by atoms with Gasteiger partial charge in [-0.3, -0.25) is 9.59 Å². The molecule has 2 aliphatic carbocycles. The summed E-state index contributed by atoms with van der Waals surface area (Å²) >= 11 is 0. The van der Waals surface area contributed by atoms with Gasteiger partial charge in [0.2, 0.25) is 0 Å². The molecule has 4 heteroatoms. The maximum atomic E-state index is 12.6. The second-order valence-corrected chi connectivity index (χ2v) is 9.29. The lowest BCUT2D eigenvalue weighted by Crippen LogP contribution is -2.67. The van der Waals surface area contributed by atoms with Crippen LogP contribution in [0.5, 0.6) is 5.95 Å². The van der Waals surface area contributed by atoms with Gasteiger partial charge in [-0.2, -0.15) is 0 Å². The molecule has 2 heterocycles. The first-order valence-electron chi connectivity index (χ1n) is 9.45. The van der Waals surface area contributed by atoms with E-state index in [2.05, 4.69) is 27.7 Å². The van der Waals surface area contributed by atoms with Gasteiger partial charge in [0.15, 0.2) is 5.43 Å². The van der Waals surface area contributed by atoms with Crippen LogP contribution >= 0.6 is 0 Å². The van der Waals surface area contributed by atoms with Crippen LogP contribution in [0.25, 0.3) is 0 Å². The predicted octanol–water partition coefficient (Wildman–Crippen LogP) is 4.06. The van der Waals surface area contributed by atoms with E-state index in [0.717, 1.165) is 19.3 Å². The standard InChI is InChI=1S/C21H28O4/c1-12-10-15(22)14-11-13-6-7-16-19(2,3)17(23)8-9-20(16,4)21(13,5)25-18(14)24-12/h10,13,16H,6-9,11H2,1-5H3/t13-,16-,20-,21-/m0/s1. The molecule has 0 spiro atoms. The summed E-state index contributed by atoms with van der Waals surface area (Å²) in [5.41, 5.74) is -0.135. The highest BCUT2D eigenvalue weighted by Crippen LogP contribution is 2.64. The van der Waals surface area contributed by atoms with Crippen molar-refractivity contribution in [2.75, 3.05) is 0 Å². The number of carbonyl (C=O) groups excluding carboxylic acids is 1. The van der Waals surface area contributed by atoms with E-state index in [1.165, 1.54) is 0 Å². The van der Waals surface area contributed by atoms with E-state index >= 15 is 0 Å². The van der Waals surface area contributed by atoms with E-state index in [1.807, 2.05) is 0 Å². The van der Waals surface area contributed by atoms with Crippen LogP contribution in [0.1, 0.15) is 64.7 Å². The third kappa shape index (κ3) is 2.06. The van der Waals surface area contributed by atoms with Crippen molar-refractivity contribution in [2.45, 2.75) is 72.3 Å². The van der Waals surface area contributed by atoms with E-state index in [-0.39, 0.29) is 22.2 Å². The molecule has 136 valence electrons. The minimum Gasteiger partial charge on any atom is -0.458 e. The number of hydrogen-bond donors (Lipinski definition) is 0. The lowest BCUT2D eigenvalue weighted by atomic mass is 9.44. The van der Waals surface area contributed by atoms with E-state index in [1.54, 1.807) is 13.0 Å². The number of carbonyl (C=O) groups is 1. The lowest BCUT2D eigenvalue weighted by molar-refractivity contribution is -0.200. The highest BCUT2D eigenvalue weighted by molar-refractivity contribution is 5.85. The average Bonchev–Trinajstić information content (AvgIpc) is 2.51. The highest BCUT2D eigenvalue weighted by Gasteiger charge is 2.65. The Morgan fingerprint density at radius 1 is 1.12 bits per heavy atom. The van der Waals surface area contributed by atoms with Crippen molar-refractivity contribution in [2.24, 2.45) is 22.7 Å². The van der Waals surface area contributed by atoms with Crippen LogP contribution in [0.3, 0.4) is 0 Å². The maximum Gasteiger partial charge on any atom is 0.292 e. The Morgan fingerprint density at radius 2 is 1.84 bits per heavy atom. The summed E-state index contributed by atoms with van der Waals surface area (Å²) in [6.07, 6.45) is 4.17. The Bertz CT molecular complexity index is 805. The second-order valence-electron chi connectivity index (χ2n) is 9.29. The number of rotatable bonds is 0. The quantitative estimate of drug-likeness (QED) is 0.712. The molecule has 2 saturated carbocycles. The van der Waals surface area contributed by atoms with Crippen molar-refractivity contribution in [1.29, 1.82) is 0 Å². The van der Waals surface area contributed by atoms with Crippen LogP contribution in [-0.2, 0) is 11.2 Å². The molecule has 2 fully saturated rings. The van der Waals surface area contributed by atoms with Crippen molar-refractivity contribution in [3.63, 3.8) is 0 Å². The summed E-state index contributed by atoms with van der Waals surface area (Å²) in [6, 6.07) is 1.56. The van der Waals surface area contributed by atoms with Crippen molar-refractivity contribution >= 4 is 5.78 Å². The average molecular weight is 344 g/mol. The Kier molecular flexibility index (Phi) is 3.36. The second kappa shape index (κ2) is 4.99. The number of ether oxygens (including phenoxy) is 1. The first kappa shape index (κ1) is 16.9. The molecule has 0 aromatic carbocycles. The topological polar surface area (TPSA) is 56.5 Å². The SMILES string of the molecule is Cc1cc(=O)c2c(o1)O[C@@]1(C)[C@@H](CC[C@H]3C(C)(C)C(=O)CC[C@@]31C)C2. The van der Waals surface area contributed by atoms with Gasteiger partial charge < -0.3 is 9.15 Å². The Balaban J connectivity index is 1.83. The zero-order chi connectivity index (χ0) is 18.2. The molecule has 4 nitrogen and oxygen atoms in total. The molecule has 1 aliphatic heterocycles. The molecule has 0 N–H and O–H groups in total. The Labute approximate surface area is 148 Å². The van der Waals surface area contributed by atoms with Crippen molar-refractivity contribution in [3.8, 4) is 5.95 Å². The predicted molar refractivity (Wildman–Crippen MR) is 94.8 cm³/mol. The molecule has 1 aromatic heterocycles. The summed E-state index contributed by atoms with van der Waals surface area (Å²) in [7, 11) is 0. The fourth-order valence-corrected chi connectivity index (χ4v) is 6.06. The summed E-state index contributed by atoms with van der Waals surface area (Å²) in [5, 5.41) is 0. The molecule has 3 aliphatic rings. The summed E-state index contributed by atoms with van der Waals surface area (Å²) in [6.45, 7) is 10.5. The van der Waals surface area contributed by atoms with E-state index in [0.29, 0.717) is 41.8 Å². The monoisotopic (exact) mass is 344 g/mol. The third-order valence-corrected chi connectivity index (χ3v) is 7.83. The highest BCUT2D eigenvalue weighted by atomic mass is 16.6. The number of ketones is 1. The fourth-order valence-electron chi connectivity index (χ4n) is 6.06. The van der Waals surface area contributed by atoms with Gasteiger partial charge in [0.1, 0.15) is 17.1 Å². The zero-order valence-corrected chi connectivity index (χ0v) is 15.9. The smallest absolute Gasteiger partial charge is 0.292 e. The molecule has 25 heavy (non-hydrogen) atoms. The van der Waals surface area contributed by atoms with E-state index in [4.69, 9.17) is 9.15 Å². The van der Waals surface area contributed by atoms with Gasteiger partial charge in [-0.15, -0.1) is 0 Å². The van der Waals surface area contributed by atoms with Gasteiger partial charge >= 0.3 is 0 Å². The molecule has 0 bridgehead atoms. The molecule has 4 atom stereocenters. The van der Waals surface area contributed by atoms with Crippen LogP contribution in [0.4, 0.5) is 0 Å². The molecule has 0 saturated heterocycles. The van der Waals surface area contributed by atoms with Gasteiger partial charge in [0.05, 0.1) is 5.56 Å². The largest absolute Gasteiger partial charge is 0.458 e. The molecular formula is C21H28O4. The summed E-state index contributed by atoms with van der Waals surface area (Å²) in [5.74, 6) is 1.94. The van der Waals surface area contributed by atoms with Crippen LogP contribution in [0.15, 0.2) is 15.3 Å². The van der Waals surface area contributed by atoms with Gasteiger partial charge in [0, 0.05) is 29.2 Å². The minimum atomic E-state index is -0.412. The molecule has 1 aromatic rings. The van der Waals surface area contributed by atoms with Crippen LogP contribution < -0.4 is 10.2 Å². The molecule has 0 unspecified atom stereocenters. The summed E-state index contributed by atoms with van der Waals surface area (Å²) in [4.78, 5) is 25.0. The van der Waals surface area contributed by atoms with E-state index < -0.39 is 5.60 Å². The van der Waals surface area contributed by atoms with Crippen molar-refractivity contribution < 1.29 is 13.9 Å². The normalized spacial score (nSPS) is 39.0. The lowest BCUT2D eigenvalue weighted by Gasteiger charge is -2.63. The Morgan fingerprint density at radius 3 is 2.56 bits per heavy atom. The minimum absolute atomic E-state index is 0.0206. The Hall–Kier alpha value is -1.58. The molecular weight excluding hydrogens is 316 g/mol. The number of Topliss-reactive ketones (excluding diaryl/α,β-unsaturated/α-hetero) is 1. The number of hydrogen-bond acceptors (Lipinski definition) is 4. The first-order valence-corrected chi connectivity index (χ1v) is 9.45. The third-order valence-electron chi connectivity index (χ3n) is 7.83. The first-order chi connectivity index (χ1) is 11.6. The fraction of sp³-hybridized carbons (Fsp3) is 0.714.